The zero-order valence-corrected chi connectivity index (χ0v) is 14.4. The highest BCUT2D eigenvalue weighted by Crippen LogP contribution is 2.24. The molecule has 1 aromatic carbocycles. The minimum atomic E-state index is -3.32. The second-order valence-corrected chi connectivity index (χ2v) is 6.53. The van der Waals surface area contributed by atoms with E-state index in [1.54, 1.807) is 0 Å². The van der Waals surface area contributed by atoms with E-state index in [4.69, 9.17) is 4.18 Å². The first-order valence-electron chi connectivity index (χ1n) is 6.52. The van der Waals surface area contributed by atoms with Crippen LogP contribution in [0.4, 0.5) is 0 Å². The lowest BCUT2D eigenvalue weighted by molar-refractivity contribution is 0.301. The first kappa shape index (κ1) is 18.6. The van der Waals surface area contributed by atoms with E-state index < -0.39 is 10.1 Å². The van der Waals surface area contributed by atoms with Crippen molar-refractivity contribution in [2.75, 3.05) is 12.9 Å². The van der Waals surface area contributed by atoms with E-state index >= 15 is 0 Å². The molecule has 0 bridgehead atoms. The van der Waals surface area contributed by atoms with E-state index in [-0.39, 0.29) is 6.61 Å². The van der Waals surface area contributed by atoms with E-state index in [0.29, 0.717) is 12.3 Å². The summed E-state index contributed by atoms with van der Waals surface area (Å²) in [6.07, 6.45) is 2.76. The summed E-state index contributed by atoms with van der Waals surface area (Å²) in [5, 5.41) is 0. The minimum absolute atomic E-state index is 0.243. The third-order valence-corrected chi connectivity index (χ3v) is 3.72. The highest BCUT2D eigenvalue weighted by Gasteiger charge is 2.11. The van der Waals surface area contributed by atoms with E-state index in [2.05, 4.69) is 35.0 Å². The van der Waals surface area contributed by atoms with Gasteiger partial charge in [0.1, 0.15) is 0 Å². The first-order valence-corrected chi connectivity index (χ1v) is 9.13. The highest BCUT2D eigenvalue weighted by atomic mass is 79.9. The molecule has 0 aromatic heterocycles. The molecule has 0 aliphatic rings. The van der Waals surface area contributed by atoms with Gasteiger partial charge < -0.3 is 0 Å². The van der Waals surface area contributed by atoms with E-state index in [9.17, 15) is 8.42 Å². The molecule has 0 saturated heterocycles. The van der Waals surface area contributed by atoms with Crippen LogP contribution >= 0.6 is 15.9 Å². The van der Waals surface area contributed by atoms with Crippen LogP contribution in [0.2, 0.25) is 0 Å². The topological polar surface area (TPSA) is 43.4 Å². The van der Waals surface area contributed by atoms with Gasteiger partial charge in [0, 0.05) is 4.47 Å². The maximum atomic E-state index is 10.9. The SMILES string of the molecule is CC.CCC(CCOS(C)(=O)=O)c1ccc(Br)cc1. The standard InChI is InChI=1S/C12H17BrO3S.C2H6/c1-3-10(8-9-16-17(2,14)15)11-4-6-12(13)7-5-11;1-2/h4-7,10H,3,8-9H2,1-2H3;1-2H3. The Morgan fingerprint density at radius 3 is 2.16 bits per heavy atom. The van der Waals surface area contributed by atoms with Gasteiger partial charge in [0.2, 0.25) is 0 Å². The van der Waals surface area contributed by atoms with Crippen molar-refractivity contribution in [2.45, 2.75) is 39.5 Å². The number of hydrogen-bond acceptors (Lipinski definition) is 3. The van der Waals surface area contributed by atoms with Gasteiger partial charge in [-0.05, 0) is 36.5 Å². The number of halogens is 1. The maximum Gasteiger partial charge on any atom is 0.264 e. The highest BCUT2D eigenvalue weighted by molar-refractivity contribution is 9.10. The van der Waals surface area contributed by atoms with Gasteiger partial charge in [0.15, 0.2) is 0 Å². The molecular weight excluding hydrogens is 328 g/mol. The third kappa shape index (κ3) is 8.39. The van der Waals surface area contributed by atoms with Crippen LogP contribution in [0, 0.1) is 0 Å². The van der Waals surface area contributed by atoms with Crippen LogP contribution in [0.15, 0.2) is 28.7 Å². The zero-order valence-electron chi connectivity index (χ0n) is 12.0. The van der Waals surface area contributed by atoms with Crippen molar-refractivity contribution >= 4 is 26.0 Å². The average Bonchev–Trinajstić information content (AvgIpc) is 2.37. The van der Waals surface area contributed by atoms with Crippen LogP contribution in [-0.4, -0.2) is 21.3 Å². The van der Waals surface area contributed by atoms with Gasteiger partial charge >= 0.3 is 0 Å². The average molecular weight is 351 g/mol. The summed E-state index contributed by atoms with van der Waals surface area (Å²) in [5.41, 5.74) is 1.22. The van der Waals surface area contributed by atoms with Gasteiger partial charge in [-0.3, -0.25) is 4.18 Å². The Labute approximate surface area is 125 Å². The third-order valence-electron chi connectivity index (χ3n) is 2.60. The van der Waals surface area contributed by atoms with Crippen molar-refractivity contribution in [3.63, 3.8) is 0 Å². The van der Waals surface area contributed by atoms with E-state index in [1.807, 2.05) is 26.0 Å². The Morgan fingerprint density at radius 2 is 1.74 bits per heavy atom. The Morgan fingerprint density at radius 1 is 1.21 bits per heavy atom. The van der Waals surface area contributed by atoms with E-state index in [0.717, 1.165) is 17.1 Å². The van der Waals surface area contributed by atoms with Crippen molar-refractivity contribution in [3.8, 4) is 0 Å². The van der Waals surface area contributed by atoms with Gasteiger partial charge in [-0.15, -0.1) is 0 Å². The molecule has 0 aliphatic carbocycles. The molecule has 0 N–H and O–H groups in total. The van der Waals surface area contributed by atoms with Crippen molar-refractivity contribution < 1.29 is 12.6 Å². The summed E-state index contributed by atoms with van der Waals surface area (Å²) in [5.74, 6) is 0.338. The maximum absolute atomic E-state index is 10.9. The van der Waals surface area contributed by atoms with Crippen LogP contribution in [0.5, 0.6) is 0 Å². The van der Waals surface area contributed by atoms with Gasteiger partial charge in [-0.2, -0.15) is 8.42 Å². The quantitative estimate of drug-likeness (QED) is 0.717. The fourth-order valence-corrected chi connectivity index (χ4v) is 2.35. The molecule has 1 atom stereocenters. The molecule has 1 unspecified atom stereocenters. The van der Waals surface area contributed by atoms with Crippen LogP contribution in [0.25, 0.3) is 0 Å². The lowest BCUT2D eigenvalue weighted by Gasteiger charge is -2.14. The van der Waals surface area contributed by atoms with Crippen molar-refractivity contribution in [3.05, 3.63) is 34.3 Å². The van der Waals surface area contributed by atoms with Crippen molar-refractivity contribution in [1.82, 2.24) is 0 Å². The predicted molar refractivity (Wildman–Crippen MR) is 83.9 cm³/mol. The lowest BCUT2D eigenvalue weighted by atomic mass is 9.94. The largest absolute Gasteiger partial charge is 0.270 e. The number of hydrogen-bond donors (Lipinski definition) is 0. The van der Waals surface area contributed by atoms with Gasteiger partial charge in [0.05, 0.1) is 12.9 Å². The monoisotopic (exact) mass is 350 g/mol. The molecule has 1 rings (SSSR count). The van der Waals surface area contributed by atoms with Crippen LogP contribution in [0.1, 0.15) is 45.1 Å². The van der Waals surface area contributed by atoms with Gasteiger partial charge in [0.25, 0.3) is 10.1 Å². The molecule has 3 nitrogen and oxygen atoms in total. The summed E-state index contributed by atoms with van der Waals surface area (Å²) in [6, 6.07) is 8.10. The van der Waals surface area contributed by atoms with Crippen LogP contribution in [0.3, 0.4) is 0 Å². The molecule has 0 heterocycles. The van der Waals surface area contributed by atoms with Crippen molar-refractivity contribution in [2.24, 2.45) is 0 Å². The zero-order chi connectivity index (χ0) is 14.9. The summed E-state index contributed by atoms with van der Waals surface area (Å²) in [7, 11) is -3.32. The molecule has 0 spiro atoms. The molecule has 110 valence electrons. The Hall–Kier alpha value is -0.390. The molecule has 0 aliphatic heterocycles. The fraction of sp³-hybridized carbons (Fsp3) is 0.571. The molecule has 5 heteroatoms. The van der Waals surface area contributed by atoms with Gasteiger partial charge in [-0.1, -0.05) is 48.8 Å². The summed E-state index contributed by atoms with van der Waals surface area (Å²) in [4.78, 5) is 0. The smallest absolute Gasteiger partial charge is 0.264 e. The predicted octanol–water partition coefficient (Wildman–Crippen LogP) is 4.34. The second kappa shape index (κ2) is 9.50. The summed E-state index contributed by atoms with van der Waals surface area (Å²) < 4.78 is 27.5. The van der Waals surface area contributed by atoms with Crippen LogP contribution < -0.4 is 0 Å². The molecule has 0 saturated carbocycles. The molecule has 0 radical (unpaired) electrons. The Kier molecular flexibility index (Phi) is 9.31. The summed E-state index contributed by atoms with van der Waals surface area (Å²) >= 11 is 3.39. The minimum Gasteiger partial charge on any atom is -0.270 e. The Bertz CT molecular complexity index is 440. The van der Waals surface area contributed by atoms with E-state index in [1.165, 1.54) is 5.56 Å². The molecule has 0 amide bonds. The van der Waals surface area contributed by atoms with Gasteiger partial charge in [-0.25, -0.2) is 0 Å². The van der Waals surface area contributed by atoms with Crippen molar-refractivity contribution in [1.29, 1.82) is 0 Å². The molecule has 1 aromatic rings. The number of benzene rings is 1. The molecule has 0 fully saturated rings. The Balaban J connectivity index is 0.00000154. The lowest BCUT2D eigenvalue weighted by Crippen LogP contribution is -2.08. The second-order valence-electron chi connectivity index (χ2n) is 3.97. The molecule has 19 heavy (non-hydrogen) atoms. The first-order chi connectivity index (χ1) is 8.92. The normalized spacial score (nSPS) is 12.5. The fourth-order valence-electron chi connectivity index (χ4n) is 1.68. The molecular formula is C14H23BrO3S. The number of rotatable bonds is 6. The summed E-state index contributed by atoms with van der Waals surface area (Å²) in [6.45, 7) is 6.33. The van der Waals surface area contributed by atoms with Crippen LogP contribution in [-0.2, 0) is 14.3 Å².